The molecule has 18 heavy (non-hydrogen) atoms. The van der Waals surface area contributed by atoms with Gasteiger partial charge in [-0.15, -0.1) is 0 Å². The Hall–Kier alpha value is -1.93. The van der Waals surface area contributed by atoms with E-state index in [-0.39, 0.29) is 5.75 Å². The van der Waals surface area contributed by atoms with E-state index in [1.165, 1.54) is 5.56 Å². The standard InChI is InChI=1S/C15H11ClO2/c1-9-2-5-14-11(6-9)8-15(18-14)10-3-4-12(16)13(17)7-10/h2-8,17H,1H3. The first-order valence-electron chi connectivity index (χ1n) is 5.62. The average molecular weight is 259 g/mol. The van der Waals surface area contributed by atoms with E-state index in [9.17, 15) is 5.11 Å². The fourth-order valence-corrected chi connectivity index (χ4v) is 2.09. The summed E-state index contributed by atoms with van der Waals surface area (Å²) in [6.45, 7) is 2.04. The molecule has 0 aliphatic heterocycles. The Morgan fingerprint density at radius 3 is 2.67 bits per heavy atom. The van der Waals surface area contributed by atoms with Crippen molar-refractivity contribution < 1.29 is 9.52 Å². The molecule has 1 heterocycles. The fourth-order valence-electron chi connectivity index (χ4n) is 1.97. The van der Waals surface area contributed by atoms with Crippen LogP contribution in [0.5, 0.6) is 5.75 Å². The summed E-state index contributed by atoms with van der Waals surface area (Å²) in [5, 5.41) is 11.0. The maximum Gasteiger partial charge on any atom is 0.135 e. The monoisotopic (exact) mass is 258 g/mol. The number of rotatable bonds is 1. The SMILES string of the molecule is Cc1ccc2oc(-c3ccc(Cl)c(O)c3)cc2c1. The molecule has 2 nitrogen and oxygen atoms in total. The maximum absolute atomic E-state index is 9.61. The Morgan fingerprint density at radius 2 is 1.89 bits per heavy atom. The highest BCUT2D eigenvalue weighted by molar-refractivity contribution is 6.32. The second-order valence-electron chi connectivity index (χ2n) is 4.32. The second kappa shape index (κ2) is 4.07. The molecule has 0 spiro atoms. The molecule has 2 aromatic carbocycles. The lowest BCUT2D eigenvalue weighted by Gasteiger charge is -1.99. The first-order chi connectivity index (χ1) is 8.63. The van der Waals surface area contributed by atoms with Crippen LogP contribution in [-0.4, -0.2) is 5.11 Å². The van der Waals surface area contributed by atoms with E-state index in [0.29, 0.717) is 5.02 Å². The number of fused-ring (bicyclic) bond motifs is 1. The summed E-state index contributed by atoms with van der Waals surface area (Å²) in [6.07, 6.45) is 0. The predicted octanol–water partition coefficient (Wildman–Crippen LogP) is 4.77. The van der Waals surface area contributed by atoms with Crippen LogP contribution in [0.4, 0.5) is 0 Å². The van der Waals surface area contributed by atoms with E-state index >= 15 is 0 Å². The Bertz CT molecular complexity index is 728. The van der Waals surface area contributed by atoms with Gasteiger partial charge < -0.3 is 9.52 Å². The molecular formula is C15H11ClO2. The van der Waals surface area contributed by atoms with Gasteiger partial charge in [0.25, 0.3) is 0 Å². The average Bonchev–Trinajstić information content (AvgIpc) is 2.75. The van der Waals surface area contributed by atoms with Gasteiger partial charge >= 0.3 is 0 Å². The van der Waals surface area contributed by atoms with Crippen LogP contribution in [0.15, 0.2) is 46.9 Å². The third kappa shape index (κ3) is 1.85. The highest BCUT2D eigenvalue weighted by atomic mass is 35.5. The molecule has 0 atom stereocenters. The minimum atomic E-state index is 0.0609. The molecular weight excluding hydrogens is 248 g/mol. The Morgan fingerprint density at radius 1 is 1.06 bits per heavy atom. The Balaban J connectivity index is 2.16. The molecule has 3 aromatic rings. The van der Waals surface area contributed by atoms with Gasteiger partial charge in [0, 0.05) is 10.9 Å². The molecule has 0 amide bonds. The zero-order valence-corrected chi connectivity index (χ0v) is 10.5. The van der Waals surface area contributed by atoms with Crippen LogP contribution in [0.2, 0.25) is 5.02 Å². The minimum Gasteiger partial charge on any atom is -0.506 e. The number of furan rings is 1. The van der Waals surface area contributed by atoms with Crippen molar-refractivity contribution in [1.29, 1.82) is 0 Å². The third-order valence-corrected chi connectivity index (χ3v) is 3.22. The van der Waals surface area contributed by atoms with Gasteiger partial charge in [-0.25, -0.2) is 0 Å². The number of hydrogen-bond acceptors (Lipinski definition) is 2. The van der Waals surface area contributed by atoms with Crippen LogP contribution >= 0.6 is 11.6 Å². The summed E-state index contributed by atoms with van der Waals surface area (Å²) >= 11 is 5.79. The lowest BCUT2D eigenvalue weighted by atomic mass is 10.1. The van der Waals surface area contributed by atoms with Crippen LogP contribution in [0.25, 0.3) is 22.3 Å². The van der Waals surface area contributed by atoms with E-state index in [1.54, 1.807) is 12.1 Å². The van der Waals surface area contributed by atoms with Crippen LogP contribution < -0.4 is 0 Å². The predicted molar refractivity (Wildman–Crippen MR) is 73.1 cm³/mol. The topological polar surface area (TPSA) is 33.4 Å². The van der Waals surface area contributed by atoms with E-state index in [1.807, 2.05) is 31.2 Å². The van der Waals surface area contributed by atoms with Gasteiger partial charge in [-0.3, -0.25) is 0 Å². The van der Waals surface area contributed by atoms with Crippen molar-refractivity contribution in [3.63, 3.8) is 0 Å². The summed E-state index contributed by atoms with van der Waals surface area (Å²) in [5.41, 5.74) is 2.84. The summed E-state index contributed by atoms with van der Waals surface area (Å²) in [6, 6.07) is 13.1. The summed E-state index contributed by atoms with van der Waals surface area (Å²) in [5.74, 6) is 0.786. The molecule has 1 N–H and O–H groups in total. The molecule has 3 heteroatoms. The molecule has 0 bridgehead atoms. The van der Waals surface area contributed by atoms with E-state index in [2.05, 4.69) is 6.07 Å². The van der Waals surface area contributed by atoms with E-state index < -0.39 is 0 Å². The third-order valence-electron chi connectivity index (χ3n) is 2.90. The normalized spacial score (nSPS) is 11.0. The van der Waals surface area contributed by atoms with Crippen LogP contribution in [0.3, 0.4) is 0 Å². The molecule has 0 saturated heterocycles. The molecule has 0 radical (unpaired) electrons. The minimum absolute atomic E-state index is 0.0609. The quantitative estimate of drug-likeness (QED) is 0.682. The van der Waals surface area contributed by atoms with Gasteiger partial charge in [0.05, 0.1) is 5.02 Å². The van der Waals surface area contributed by atoms with E-state index in [0.717, 1.165) is 22.3 Å². The summed E-state index contributed by atoms with van der Waals surface area (Å²) in [7, 11) is 0. The summed E-state index contributed by atoms with van der Waals surface area (Å²) in [4.78, 5) is 0. The number of hydrogen-bond donors (Lipinski definition) is 1. The molecule has 0 unspecified atom stereocenters. The van der Waals surface area contributed by atoms with Crippen molar-refractivity contribution in [2.75, 3.05) is 0 Å². The van der Waals surface area contributed by atoms with Gasteiger partial charge in [-0.05, 0) is 43.3 Å². The lowest BCUT2D eigenvalue weighted by molar-refractivity contribution is 0.475. The zero-order valence-electron chi connectivity index (χ0n) is 9.77. The first-order valence-corrected chi connectivity index (χ1v) is 6.00. The fraction of sp³-hybridized carbons (Fsp3) is 0.0667. The molecule has 3 rings (SSSR count). The highest BCUT2D eigenvalue weighted by Crippen LogP contribution is 2.32. The molecule has 0 aliphatic carbocycles. The second-order valence-corrected chi connectivity index (χ2v) is 4.73. The molecule has 1 aromatic heterocycles. The van der Waals surface area contributed by atoms with Crippen molar-refractivity contribution >= 4 is 22.6 Å². The highest BCUT2D eigenvalue weighted by Gasteiger charge is 2.08. The molecule has 90 valence electrons. The largest absolute Gasteiger partial charge is 0.506 e. The number of benzene rings is 2. The van der Waals surface area contributed by atoms with Crippen molar-refractivity contribution in [3.8, 4) is 17.1 Å². The van der Waals surface area contributed by atoms with Gasteiger partial charge in [-0.2, -0.15) is 0 Å². The van der Waals surface area contributed by atoms with Crippen LogP contribution in [0.1, 0.15) is 5.56 Å². The van der Waals surface area contributed by atoms with Crippen LogP contribution in [0, 0.1) is 6.92 Å². The zero-order chi connectivity index (χ0) is 12.7. The maximum atomic E-state index is 9.61. The number of halogens is 1. The molecule has 0 fully saturated rings. The lowest BCUT2D eigenvalue weighted by Crippen LogP contribution is -1.74. The van der Waals surface area contributed by atoms with E-state index in [4.69, 9.17) is 16.0 Å². The van der Waals surface area contributed by atoms with Gasteiger partial charge in [0.1, 0.15) is 17.1 Å². The Labute approximate surface area is 109 Å². The van der Waals surface area contributed by atoms with Gasteiger partial charge in [-0.1, -0.05) is 23.2 Å². The smallest absolute Gasteiger partial charge is 0.135 e. The Kier molecular flexibility index (Phi) is 2.53. The molecule has 0 aliphatic rings. The number of phenolic OH excluding ortho intramolecular Hbond substituents is 1. The van der Waals surface area contributed by atoms with Crippen molar-refractivity contribution in [3.05, 3.63) is 53.1 Å². The number of aryl methyl sites for hydroxylation is 1. The van der Waals surface area contributed by atoms with Gasteiger partial charge in [0.2, 0.25) is 0 Å². The van der Waals surface area contributed by atoms with Gasteiger partial charge in [0.15, 0.2) is 0 Å². The first kappa shape index (κ1) is 11.2. The van der Waals surface area contributed by atoms with Crippen LogP contribution in [-0.2, 0) is 0 Å². The summed E-state index contributed by atoms with van der Waals surface area (Å²) < 4.78 is 5.75. The van der Waals surface area contributed by atoms with Crippen molar-refractivity contribution in [2.24, 2.45) is 0 Å². The molecule has 0 saturated carbocycles. The number of aromatic hydroxyl groups is 1. The number of phenols is 1. The van der Waals surface area contributed by atoms with Crippen molar-refractivity contribution in [1.82, 2.24) is 0 Å². The van der Waals surface area contributed by atoms with Crippen molar-refractivity contribution in [2.45, 2.75) is 6.92 Å².